The van der Waals surface area contributed by atoms with Gasteiger partial charge in [-0.05, 0) is 5.92 Å². The minimum Gasteiger partial charge on any atom is -0.315 e. The molecule has 0 aliphatic carbocycles. The van der Waals surface area contributed by atoms with Crippen molar-refractivity contribution in [2.45, 2.75) is 20.4 Å². The van der Waals surface area contributed by atoms with E-state index in [-0.39, 0.29) is 0 Å². The fourth-order valence-corrected chi connectivity index (χ4v) is 1.45. The molecule has 0 saturated carbocycles. The Hall–Kier alpha value is -1.69. The van der Waals surface area contributed by atoms with Crippen LogP contribution >= 0.6 is 0 Å². The normalized spacial score (nSPS) is 11.2. The second-order valence-electron chi connectivity index (χ2n) is 3.84. The van der Waals surface area contributed by atoms with Crippen LogP contribution in [0.1, 0.15) is 13.8 Å². The fourth-order valence-electron chi connectivity index (χ4n) is 1.45. The smallest absolute Gasteiger partial charge is 0.239 e. The number of rotatable bonds is 3. The molecule has 6 heteroatoms. The maximum Gasteiger partial charge on any atom is 0.239 e. The molecule has 0 bridgehead atoms. The number of nitrogens with one attached hydrogen (secondary N) is 1. The van der Waals surface area contributed by atoms with Gasteiger partial charge in [0.2, 0.25) is 5.95 Å². The summed E-state index contributed by atoms with van der Waals surface area (Å²) >= 11 is 0. The van der Waals surface area contributed by atoms with Gasteiger partial charge >= 0.3 is 0 Å². The summed E-state index contributed by atoms with van der Waals surface area (Å²) < 4.78 is 2.00. The molecule has 0 amide bonds. The van der Waals surface area contributed by atoms with Crippen LogP contribution < -0.4 is 11.3 Å². The number of nitrogen functional groups attached to an aromatic ring is 1. The lowest BCUT2D eigenvalue weighted by Gasteiger charge is -2.06. The van der Waals surface area contributed by atoms with Crippen LogP contribution in [0.3, 0.4) is 0 Å². The van der Waals surface area contributed by atoms with Crippen LogP contribution in [0, 0.1) is 5.92 Å². The lowest BCUT2D eigenvalue weighted by atomic mass is 10.2. The summed E-state index contributed by atoms with van der Waals surface area (Å²) in [7, 11) is 0. The molecular formula is C9H14N6. The SMILES string of the molecule is CC(C)Cn1cnc2cnc(NN)nc21. The standard InChI is InChI=1S/C9H14N6/c1-6(2)4-15-5-12-7-3-11-9(14-10)13-8(7)15/h3,5-6H,4,10H2,1-2H3,(H,11,13,14). The largest absolute Gasteiger partial charge is 0.315 e. The molecule has 0 radical (unpaired) electrons. The van der Waals surface area contributed by atoms with Crippen molar-refractivity contribution in [3.63, 3.8) is 0 Å². The van der Waals surface area contributed by atoms with Gasteiger partial charge in [0.15, 0.2) is 5.65 Å². The molecule has 2 aromatic heterocycles. The van der Waals surface area contributed by atoms with E-state index in [4.69, 9.17) is 5.84 Å². The van der Waals surface area contributed by atoms with Crippen molar-refractivity contribution in [1.82, 2.24) is 19.5 Å². The fraction of sp³-hybridized carbons (Fsp3) is 0.444. The minimum atomic E-state index is 0.410. The van der Waals surface area contributed by atoms with Crippen LogP contribution in [0.4, 0.5) is 5.95 Å². The quantitative estimate of drug-likeness (QED) is 0.572. The van der Waals surface area contributed by atoms with E-state index < -0.39 is 0 Å². The van der Waals surface area contributed by atoms with Gasteiger partial charge < -0.3 is 4.57 Å². The Morgan fingerprint density at radius 1 is 1.47 bits per heavy atom. The number of nitrogens with zero attached hydrogens (tertiary/aromatic N) is 4. The first-order chi connectivity index (χ1) is 7.20. The van der Waals surface area contributed by atoms with Crippen LogP contribution in [0.15, 0.2) is 12.5 Å². The zero-order valence-electron chi connectivity index (χ0n) is 8.81. The molecule has 2 rings (SSSR count). The van der Waals surface area contributed by atoms with Gasteiger partial charge in [0, 0.05) is 6.54 Å². The molecule has 0 aliphatic heterocycles. The lowest BCUT2D eigenvalue weighted by Crippen LogP contribution is -2.11. The highest BCUT2D eigenvalue weighted by molar-refractivity contribution is 5.70. The average Bonchev–Trinajstić information content (AvgIpc) is 2.60. The lowest BCUT2D eigenvalue weighted by molar-refractivity contribution is 0.530. The number of aromatic nitrogens is 4. The molecule has 0 aliphatic rings. The second kappa shape index (κ2) is 3.82. The van der Waals surface area contributed by atoms with Crippen LogP contribution in [0.2, 0.25) is 0 Å². The Labute approximate surface area is 87.5 Å². The Kier molecular flexibility index (Phi) is 2.51. The number of fused-ring (bicyclic) bond motifs is 1. The van der Waals surface area contributed by atoms with Gasteiger partial charge in [-0.2, -0.15) is 4.98 Å². The van der Waals surface area contributed by atoms with Gasteiger partial charge in [0.05, 0.1) is 12.5 Å². The molecule has 15 heavy (non-hydrogen) atoms. The van der Waals surface area contributed by atoms with E-state index in [2.05, 4.69) is 34.2 Å². The molecule has 2 aromatic rings. The summed E-state index contributed by atoms with van der Waals surface area (Å²) in [6.45, 7) is 5.18. The molecule has 0 unspecified atom stereocenters. The van der Waals surface area contributed by atoms with Crippen LogP contribution in [-0.4, -0.2) is 19.5 Å². The van der Waals surface area contributed by atoms with Crippen molar-refractivity contribution in [3.8, 4) is 0 Å². The summed E-state index contributed by atoms with van der Waals surface area (Å²) in [4.78, 5) is 12.5. The number of imidazole rings is 1. The first-order valence-electron chi connectivity index (χ1n) is 4.85. The summed E-state index contributed by atoms with van der Waals surface area (Å²) in [5.74, 6) is 6.21. The van der Waals surface area contributed by atoms with Crippen molar-refractivity contribution < 1.29 is 0 Å². The molecule has 0 saturated heterocycles. The van der Waals surface area contributed by atoms with Crippen LogP contribution in [-0.2, 0) is 6.54 Å². The molecule has 2 heterocycles. The number of nitrogens with two attached hydrogens (primary N) is 1. The number of hydrogen-bond donors (Lipinski definition) is 2. The van der Waals surface area contributed by atoms with Crippen LogP contribution in [0.5, 0.6) is 0 Å². The van der Waals surface area contributed by atoms with Gasteiger partial charge in [-0.25, -0.2) is 15.8 Å². The maximum absolute atomic E-state index is 5.26. The Balaban J connectivity index is 2.46. The van der Waals surface area contributed by atoms with Crippen molar-refractivity contribution in [3.05, 3.63) is 12.5 Å². The molecule has 0 atom stereocenters. The molecule has 6 nitrogen and oxygen atoms in total. The van der Waals surface area contributed by atoms with E-state index in [1.807, 2.05) is 4.57 Å². The van der Waals surface area contributed by atoms with Gasteiger partial charge in [-0.3, -0.25) is 5.43 Å². The van der Waals surface area contributed by atoms with E-state index >= 15 is 0 Å². The Morgan fingerprint density at radius 3 is 2.93 bits per heavy atom. The summed E-state index contributed by atoms with van der Waals surface area (Å²) in [6, 6.07) is 0. The van der Waals surface area contributed by atoms with Gasteiger partial charge in [0.25, 0.3) is 0 Å². The third-order valence-corrected chi connectivity index (χ3v) is 2.05. The molecular weight excluding hydrogens is 192 g/mol. The Morgan fingerprint density at radius 2 is 2.27 bits per heavy atom. The molecule has 80 valence electrons. The second-order valence-corrected chi connectivity index (χ2v) is 3.84. The first kappa shape index (κ1) is 9.85. The first-order valence-corrected chi connectivity index (χ1v) is 4.85. The highest BCUT2D eigenvalue weighted by atomic mass is 15.3. The zero-order valence-corrected chi connectivity index (χ0v) is 8.81. The van der Waals surface area contributed by atoms with Gasteiger partial charge in [-0.1, -0.05) is 13.8 Å². The zero-order chi connectivity index (χ0) is 10.8. The van der Waals surface area contributed by atoms with E-state index in [0.717, 1.165) is 17.7 Å². The van der Waals surface area contributed by atoms with E-state index in [1.54, 1.807) is 12.5 Å². The minimum absolute atomic E-state index is 0.410. The van der Waals surface area contributed by atoms with Crippen molar-refractivity contribution in [2.24, 2.45) is 11.8 Å². The van der Waals surface area contributed by atoms with Gasteiger partial charge in [-0.15, -0.1) is 0 Å². The van der Waals surface area contributed by atoms with Crippen LogP contribution in [0.25, 0.3) is 11.2 Å². The molecule has 3 N–H and O–H groups in total. The van der Waals surface area contributed by atoms with E-state index in [0.29, 0.717) is 11.9 Å². The molecule has 0 spiro atoms. The summed E-state index contributed by atoms with van der Waals surface area (Å²) in [5.41, 5.74) is 4.02. The maximum atomic E-state index is 5.26. The average molecular weight is 206 g/mol. The number of hydrogen-bond acceptors (Lipinski definition) is 5. The number of anilines is 1. The summed E-state index contributed by atoms with van der Waals surface area (Å²) in [6.07, 6.45) is 3.44. The van der Waals surface area contributed by atoms with E-state index in [9.17, 15) is 0 Å². The topological polar surface area (TPSA) is 81.7 Å². The summed E-state index contributed by atoms with van der Waals surface area (Å²) in [5, 5.41) is 0. The van der Waals surface area contributed by atoms with Crippen molar-refractivity contribution >= 4 is 17.1 Å². The molecule has 0 aromatic carbocycles. The van der Waals surface area contributed by atoms with E-state index in [1.165, 1.54) is 0 Å². The highest BCUT2D eigenvalue weighted by Crippen LogP contribution is 2.12. The monoisotopic (exact) mass is 206 g/mol. The van der Waals surface area contributed by atoms with Crippen molar-refractivity contribution in [1.29, 1.82) is 0 Å². The third kappa shape index (κ3) is 1.89. The predicted octanol–water partition coefficient (Wildman–Crippen LogP) is 0.768. The Bertz CT molecular complexity index is 461. The third-order valence-electron chi connectivity index (χ3n) is 2.05. The highest BCUT2D eigenvalue weighted by Gasteiger charge is 2.06. The molecule has 0 fully saturated rings. The van der Waals surface area contributed by atoms with Gasteiger partial charge in [0.1, 0.15) is 5.52 Å². The van der Waals surface area contributed by atoms with Crippen molar-refractivity contribution in [2.75, 3.05) is 5.43 Å². The number of hydrazine groups is 1. The predicted molar refractivity (Wildman–Crippen MR) is 58.0 cm³/mol.